The van der Waals surface area contributed by atoms with E-state index >= 15 is 0 Å². The maximum atomic E-state index is 12.7. The molecule has 0 aromatic carbocycles. The molecular formula is C47H82NO7+. The molecule has 0 bridgehead atoms. The van der Waals surface area contributed by atoms with E-state index in [1.807, 2.05) is 21.1 Å². The normalized spacial score (nSPS) is 13.5. The molecule has 0 saturated carbocycles. The van der Waals surface area contributed by atoms with Crippen LogP contribution < -0.4 is 0 Å². The summed E-state index contributed by atoms with van der Waals surface area (Å²) in [6, 6.07) is -0.621. The number of carbonyl (C=O) groups is 3. The van der Waals surface area contributed by atoms with Gasteiger partial charge in [-0.2, -0.15) is 0 Å². The minimum absolute atomic E-state index is 0.0496. The standard InChI is InChI=1S/C47H81NO7/c1-6-8-10-12-14-16-18-20-22-24-26-28-30-32-34-36-38-46(50)55-43(41-53-40-39-44(47(51)52)48(3,4)5)42-54-45(49)37-35-33-31-29-27-25-23-21-19-17-15-13-11-9-7-2/h8,10,14-17,19-22,43-44H,6-7,9,11-13,18,23-42H2,1-5H3/p+1/b10-8+,16-14+,17-15+,21-19+,22-20+. The van der Waals surface area contributed by atoms with Crippen molar-refractivity contribution in [2.24, 2.45) is 0 Å². The van der Waals surface area contributed by atoms with Crippen LogP contribution >= 0.6 is 0 Å². The third kappa shape index (κ3) is 36.4. The number of likely N-dealkylation sites (N-methyl/N-ethyl adjacent to an activating group) is 1. The maximum absolute atomic E-state index is 12.7. The lowest BCUT2D eigenvalue weighted by Gasteiger charge is -2.31. The SMILES string of the molecule is CC/C=C/C/C=C/C/C=C/CCCCCCCCC(=O)OC(COCCC(C(=O)O)[N+](C)(C)C)COC(=O)CCCCCCCC/C=C/C=C/CCCCC. The first-order chi connectivity index (χ1) is 26.6. The summed E-state index contributed by atoms with van der Waals surface area (Å²) >= 11 is 0. The van der Waals surface area contributed by atoms with Gasteiger partial charge in [-0.1, -0.05) is 139 Å². The number of hydrogen-bond acceptors (Lipinski definition) is 6. The fourth-order valence-electron chi connectivity index (χ4n) is 6.04. The first kappa shape index (κ1) is 52.0. The highest BCUT2D eigenvalue weighted by atomic mass is 16.6. The van der Waals surface area contributed by atoms with Crippen molar-refractivity contribution >= 4 is 17.9 Å². The molecule has 0 radical (unpaired) electrons. The van der Waals surface area contributed by atoms with Gasteiger partial charge in [0.15, 0.2) is 12.1 Å². The van der Waals surface area contributed by atoms with Gasteiger partial charge in [-0.3, -0.25) is 9.59 Å². The van der Waals surface area contributed by atoms with E-state index in [2.05, 4.69) is 74.6 Å². The second-order valence-corrected chi connectivity index (χ2v) is 15.6. The molecule has 55 heavy (non-hydrogen) atoms. The Labute approximate surface area is 337 Å². The number of esters is 2. The Balaban J connectivity index is 4.40. The summed E-state index contributed by atoms with van der Waals surface area (Å²) in [7, 11) is 5.51. The largest absolute Gasteiger partial charge is 0.477 e. The van der Waals surface area contributed by atoms with Crippen LogP contribution in [0.2, 0.25) is 0 Å². The van der Waals surface area contributed by atoms with E-state index in [4.69, 9.17) is 14.2 Å². The van der Waals surface area contributed by atoms with Crippen LogP contribution in [-0.4, -0.2) is 80.6 Å². The fraction of sp³-hybridized carbons (Fsp3) is 0.723. The minimum atomic E-state index is -0.881. The highest BCUT2D eigenvalue weighted by Gasteiger charge is 2.31. The molecule has 0 aromatic heterocycles. The maximum Gasteiger partial charge on any atom is 0.362 e. The summed E-state index contributed by atoms with van der Waals surface area (Å²) in [6.07, 6.45) is 45.4. The summed E-state index contributed by atoms with van der Waals surface area (Å²) in [5.74, 6) is -1.50. The predicted octanol–water partition coefficient (Wildman–Crippen LogP) is 11.8. The molecule has 8 nitrogen and oxygen atoms in total. The first-order valence-corrected chi connectivity index (χ1v) is 21.8. The van der Waals surface area contributed by atoms with Gasteiger partial charge in [0, 0.05) is 19.3 Å². The Morgan fingerprint density at radius 1 is 0.582 bits per heavy atom. The Morgan fingerprint density at radius 3 is 1.62 bits per heavy atom. The van der Waals surface area contributed by atoms with Gasteiger partial charge in [-0.15, -0.1) is 0 Å². The van der Waals surface area contributed by atoms with Crippen molar-refractivity contribution in [3.63, 3.8) is 0 Å². The monoisotopic (exact) mass is 773 g/mol. The molecule has 0 saturated heterocycles. The van der Waals surface area contributed by atoms with Crippen LogP contribution in [0.25, 0.3) is 0 Å². The molecule has 0 aliphatic heterocycles. The van der Waals surface area contributed by atoms with Gasteiger partial charge in [0.2, 0.25) is 0 Å². The molecule has 0 rings (SSSR count). The Kier molecular flexibility index (Phi) is 35.9. The van der Waals surface area contributed by atoms with Crippen molar-refractivity contribution in [3.8, 4) is 0 Å². The number of quaternary nitrogens is 1. The lowest BCUT2D eigenvalue weighted by Crippen LogP contribution is -2.50. The van der Waals surface area contributed by atoms with Crippen LogP contribution in [0.5, 0.6) is 0 Å². The number of aliphatic carboxylic acids is 1. The van der Waals surface area contributed by atoms with E-state index in [1.54, 1.807) is 0 Å². The zero-order chi connectivity index (χ0) is 40.7. The number of nitrogens with zero attached hydrogens (tertiary/aromatic N) is 1. The summed E-state index contributed by atoms with van der Waals surface area (Å²) in [5.41, 5.74) is 0. The third-order valence-corrected chi connectivity index (χ3v) is 9.43. The molecule has 2 atom stereocenters. The Hall–Kier alpha value is -2.97. The lowest BCUT2D eigenvalue weighted by atomic mass is 10.1. The van der Waals surface area contributed by atoms with Crippen molar-refractivity contribution in [3.05, 3.63) is 60.8 Å². The molecule has 0 amide bonds. The highest BCUT2D eigenvalue weighted by molar-refractivity contribution is 5.72. The quantitative estimate of drug-likeness (QED) is 0.0219. The van der Waals surface area contributed by atoms with Crippen LogP contribution in [0.1, 0.15) is 168 Å². The number of unbranched alkanes of at least 4 members (excludes halogenated alkanes) is 15. The van der Waals surface area contributed by atoms with E-state index in [1.165, 1.54) is 51.4 Å². The van der Waals surface area contributed by atoms with Crippen molar-refractivity contribution in [2.75, 3.05) is 41.0 Å². The van der Waals surface area contributed by atoms with Gasteiger partial charge in [0.25, 0.3) is 0 Å². The number of carboxylic acids is 1. The number of carboxylic acid groups (broad SMARTS) is 1. The lowest BCUT2D eigenvalue weighted by molar-refractivity contribution is -0.887. The number of carbonyl (C=O) groups excluding carboxylic acids is 2. The van der Waals surface area contributed by atoms with Crippen LogP contribution in [-0.2, 0) is 28.6 Å². The van der Waals surface area contributed by atoms with Crippen LogP contribution in [0.15, 0.2) is 60.8 Å². The molecule has 8 heteroatoms. The number of rotatable bonds is 38. The van der Waals surface area contributed by atoms with E-state index in [0.29, 0.717) is 19.3 Å². The van der Waals surface area contributed by atoms with E-state index in [-0.39, 0.29) is 36.2 Å². The second kappa shape index (κ2) is 37.9. The molecule has 0 aliphatic carbocycles. The highest BCUT2D eigenvalue weighted by Crippen LogP contribution is 2.13. The summed E-state index contributed by atoms with van der Waals surface area (Å²) in [4.78, 5) is 37.0. The van der Waals surface area contributed by atoms with E-state index in [9.17, 15) is 19.5 Å². The minimum Gasteiger partial charge on any atom is -0.477 e. The van der Waals surface area contributed by atoms with Gasteiger partial charge in [-0.05, 0) is 70.6 Å². The van der Waals surface area contributed by atoms with Crippen molar-refractivity contribution in [1.29, 1.82) is 0 Å². The summed E-state index contributed by atoms with van der Waals surface area (Å²) in [6.45, 7) is 4.56. The fourth-order valence-corrected chi connectivity index (χ4v) is 6.04. The molecular weight excluding hydrogens is 691 g/mol. The van der Waals surface area contributed by atoms with Gasteiger partial charge < -0.3 is 23.8 Å². The number of hydrogen-bond donors (Lipinski definition) is 1. The summed E-state index contributed by atoms with van der Waals surface area (Å²) < 4.78 is 17.2. The first-order valence-electron chi connectivity index (χ1n) is 21.8. The molecule has 0 fully saturated rings. The van der Waals surface area contributed by atoms with Gasteiger partial charge >= 0.3 is 17.9 Å². The summed E-state index contributed by atoms with van der Waals surface area (Å²) in [5, 5.41) is 9.61. The predicted molar refractivity (Wildman–Crippen MR) is 229 cm³/mol. The molecule has 0 aromatic rings. The third-order valence-electron chi connectivity index (χ3n) is 9.43. The Morgan fingerprint density at radius 2 is 1.07 bits per heavy atom. The molecule has 316 valence electrons. The van der Waals surface area contributed by atoms with Gasteiger partial charge in [0.1, 0.15) is 6.61 Å². The smallest absolute Gasteiger partial charge is 0.362 e. The molecule has 1 N–H and O–H groups in total. The van der Waals surface area contributed by atoms with E-state index in [0.717, 1.165) is 83.5 Å². The average Bonchev–Trinajstić information content (AvgIpc) is 3.14. The zero-order valence-electron chi connectivity index (χ0n) is 35.9. The van der Waals surface area contributed by atoms with Crippen LogP contribution in [0.3, 0.4) is 0 Å². The van der Waals surface area contributed by atoms with Crippen molar-refractivity contribution in [2.45, 2.75) is 180 Å². The average molecular weight is 773 g/mol. The molecule has 0 spiro atoms. The topological polar surface area (TPSA) is 99.1 Å². The van der Waals surface area contributed by atoms with Crippen molar-refractivity contribution < 1.29 is 38.2 Å². The van der Waals surface area contributed by atoms with Gasteiger partial charge in [0.05, 0.1) is 34.4 Å². The Bertz CT molecular complexity index is 1090. The van der Waals surface area contributed by atoms with Crippen LogP contribution in [0.4, 0.5) is 0 Å². The number of ether oxygens (including phenoxy) is 3. The van der Waals surface area contributed by atoms with E-state index < -0.39 is 18.1 Å². The molecule has 0 aliphatic rings. The molecule has 2 unspecified atom stereocenters. The number of allylic oxidation sites excluding steroid dienone is 10. The zero-order valence-corrected chi connectivity index (χ0v) is 35.9. The van der Waals surface area contributed by atoms with Gasteiger partial charge in [-0.25, -0.2) is 4.79 Å². The van der Waals surface area contributed by atoms with Crippen LogP contribution in [0, 0.1) is 0 Å². The second-order valence-electron chi connectivity index (χ2n) is 15.6. The van der Waals surface area contributed by atoms with Crippen molar-refractivity contribution in [1.82, 2.24) is 0 Å². The molecule has 0 heterocycles.